The monoisotopic (exact) mass is 343 g/mol. The van der Waals surface area contributed by atoms with E-state index in [1.807, 2.05) is 18.2 Å². The van der Waals surface area contributed by atoms with Crippen LogP contribution in [0.5, 0.6) is 0 Å². The zero-order valence-electron chi connectivity index (χ0n) is 10.3. The summed E-state index contributed by atoms with van der Waals surface area (Å²) >= 11 is 11.4. The molecule has 0 saturated heterocycles. The van der Waals surface area contributed by atoms with Crippen LogP contribution in [0.25, 0.3) is 0 Å². The predicted molar refractivity (Wildman–Crippen MR) is 83.4 cm³/mol. The van der Waals surface area contributed by atoms with Crippen molar-refractivity contribution in [1.29, 1.82) is 0 Å². The summed E-state index contributed by atoms with van der Waals surface area (Å²) in [4.78, 5) is 1.32. The number of benzene rings is 1. The standard InChI is InChI=1S/C14H15BrClNS/c1-9(12-5-3-4-6-13(12)16)17-10(2)14-7-11(15)8-18-14/h3-10,17H,1-2H3. The third-order valence-electron chi connectivity index (χ3n) is 2.89. The minimum absolute atomic E-state index is 0.231. The van der Waals surface area contributed by atoms with Crippen molar-refractivity contribution in [1.82, 2.24) is 5.32 Å². The first kappa shape index (κ1) is 14.1. The lowest BCUT2D eigenvalue weighted by molar-refractivity contribution is 0.500. The zero-order valence-corrected chi connectivity index (χ0v) is 13.4. The molecule has 0 radical (unpaired) electrons. The minimum atomic E-state index is 0.231. The summed E-state index contributed by atoms with van der Waals surface area (Å²) in [6.07, 6.45) is 0. The van der Waals surface area contributed by atoms with E-state index in [4.69, 9.17) is 11.6 Å². The second-order valence-corrected chi connectivity index (χ2v) is 6.56. The van der Waals surface area contributed by atoms with Crippen molar-refractivity contribution in [3.05, 3.63) is 55.6 Å². The highest BCUT2D eigenvalue weighted by Gasteiger charge is 2.14. The van der Waals surface area contributed by atoms with Gasteiger partial charge in [0.05, 0.1) is 0 Å². The summed E-state index contributed by atoms with van der Waals surface area (Å²) in [6.45, 7) is 4.31. The molecule has 2 aromatic rings. The summed E-state index contributed by atoms with van der Waals surface area (Å²) in [5, 5.41) is 6.49. The Labute approximate surface area is 125 Å². The number of nitrogens with one attached hydrogen (secondary N) is 1. The molecule has 0 saturated carbocycles. The first-order valence-corrected chi connectivity index (χ1v) is 7.87. The molecule has 0 spiro atoms. The Balaban J connectivity index is 2.08. The summed E-state index contributed by atoms with van der Waals surface area (Å²) < 4.78 is 1.14. The molecule has 1 heterocycles. The van der Waals surface area contributed by atoms with Crippen LogP contribution in [-0.2, 0) is 0 Å². The van der Waals surface area contributed by atoms with Crippen molar-refractivity contribution in [2.75, 3.05) is 0 Å². The predicted octanol–water partition coefficient (Wildman–Crippen LogP) is 5.58. The normalized spacial score (nSPS) is 14.4. The van der Waals surface area contributed by atoms with Gasteiger partial charge in [-0.1, -0.05) is 29.8 Å². The van der Waals surface area contributed by atoms with Crippen molar-refractivity contribution in [3.63, 3.8) is 0 Å². The molecule has 0 aliphatic carbocycles. The summed E-state index contributed by atoms with van der Waals surface area (Å²) in [7, 11) is 0. The quantitative estimate of drug-likeness (QED) is 0.764. The third-order valence-corrected chi connectivity index (χ3v) is 5.11. The van der Waals surface area contributed by atoms with Gasteiger partial charge in [-0.3, -0.25) is 0 Å². The van der Waals surface area contributed by atoms with Gasteiger partial charge in [0.15, 0.2) is 0 Å². The van der Waals surface area contributed by atoms with Crippen LogP contribution in [0.4, 0.5) is 0 Å². The molecule has 18 heavy (non-hydrogen) atoms. The second kappa shape index (κ2) is 6.20. The Morgan fingerprint density at radius 3 is 2.56 bits per heavy atom. The minimum Gasteiger partial charge on any atom is -0.303 e. The average Bonchev–Trinajstić information content (AvgIpc) is 2.76. The molecule has 1 aromatic carbocycles. The van der Waals surface area contributed by atoms with Gasteiger partial charge in [-0.2, -0.15) is 0 Å². The van der Waals surface area contributed by atoms with Crippen LogP contribution in [0.1, 0.15) is 36.4 Å². The summed E-state index contributed by atoms with van der Waals surface area (Å²) in [5.74, 6) is 0. The van der Waals surface area contributed by atoms with Gasteiger partial charge in [-0.25, -0.2) is 0 Å². The number of halogens is 2. The van der Waals surface area contributed by atoms with Crippen LogP contribution in [-0.4, -0.2) is 0 Å². The van der Waals surface area contributed by atoms with Gasteiger partial charge >= 0.3 is 0 Å². The van der Waals surface area contributed by atoms with Crippen LogP contribution in [0, 0.1) is 0 Å². The molecule has 1 N–H and O–H groups in total. The molecule has 0 fully saturated rings. The van der Waals surface area contributed by atoms with Gasteiger partial charge in [0.25, 0.3) is 0 Å². The molecule has 4 heteroatoms. The first-order valence-electron chi connectivity index (χ1n) is 5.82. The summed E-state index contributed by atoms with van der Waals surface area (Å²) in [5.41, 5.74) is 1.14. The lowest BCUT2D eigenvalue weighted by Crippen LogP contribution is -2.22. The maximum absolute atomic E-state index is 6.21. The van der Waals surface area contributed by atoms with Crippen LogP contribution in [0.3, 0.4) is 0 Å². The first-order chi connectivity index (χ1) is 8.58. The maximum Gasteiger partial charge on any atom is 0.0453 e. The second-order valence-electron chi connectivity index (χ2n) is 4.30. The smallest absolute Gasteiger partial charge is 0.0453 e. The van der Waals surface area contributed by atoms with E-state index >= 15 is 0 Å². The van der Waals surface area contributed by atoms with E-state index in [-0.39, 0.29) is 6.04 Å². The fraction of sp³-hybridized carbons (Fsp3) is 0.286. The SMILES string of the molecule is CC(NC(C)c1ccccc1Cl)c1cc(Br)cs1. The van der Waals surface area contributed by atoms with Crippen molar-refractivity contribution in [2.45, 2.75) is 25.9 Å². The molecular formula is C14H15BrClNS. The Hall–Kier alpha value is -0.350. The highest BCUT2D eigenvalue weighted by atomic mass is 79.9. The van der Waals surface area contributed by atoms with Crippen LogP contribution < -0.4 is 5.32 Å². The van der Waals surface area contributed by atoms with E-state index in [2.05, 4.69) is 52.6 Å². The van der Waals surface area contributed by atoms with Crippen molar-refractivity contribution in [2.24, 2.45) is 0 Å². The molecule has 2 unspecified atom stereocenters. The van der Waals surface area contributed by atoms with Gasteiger partial charge in [0.2, 0.25) is 0 Å². The lowest BCUT2D eigenvalue weighted by atomic mass is 10.1. The number of hydrogen-bond acceptors (Lipinski definition) is 2. The molecular weight excluding hydrogens is 330 g/mol. The Morgan fingerprint density at radius 2 is 1.94 bits per heavy atom. The van der Waals surface area contributed by atoms with Crippen LogP contribution in [0.2, 0.25) is 5.02 Å². The molecule has 0 bridgehead atoms. The van der Waals surface area contributed by atoms with E-state index < -0.39 is 0 Å². The third kappa shape index (κ3) is 3.35. The molecule has 1 aromatic heterocycles. The Kier molecular flexibility index (Phi) is 4.84. The molecule has 0 amide bonds. The lowest BCUT2D eigenvalue weighted by Gasteiger charge is -2.20. The van der Waals surface area contributed by atoms with E-state index in [1.165, 1.54) is 4.88 Å². The fourth-order valence-electron chi connectivity index (χ4n) is 1.93. The average molecular weight is 345 g/mol. The maximum atomic E-state index is 6.21. The topological polar surface area (TPSA) is 12.0 Å². The number of hydrogen-bond donors (Lipinski definition) is 1. The Morgan fingerprint density at radius 1 is 1.22 bits per heavy atom. The van der Waals surface area contributed by atoms with Gasteiger partial charge in [-0.15, -0.1) is 11.3 Å². The van der Waals surface area contributed by atoms with Crippen molar-refractivity contribution in [3.8, 4) is 0 Å². The van der Waals surface area contributed by atoms with E-state index in [9.17, 15) is 0 Å². The van der Waals surface area contributed by atoms with Gasteiger partial charge < -0.3 is 5.32 Å². The Bertz CT molecular complexity index is 526. The number of thiophene rings is 1. The molecule has 0 aliphatic rings. The van der Waals surface area contributed by atoms with Crippen LogP contribution >= 0.6 is 38.9 Å². The van der Waals surface area contributed by atoms with Gasteiger partial charge in [-0.05, 0) is 47.5 Å². The van der Waals surface area contributed by atoms with Gasteiger partial charge in [0.1, 0.15) is 0 Å². The van der Waals surface area contributed by atoms with Crippen LogP contribution in [0.15, 0.2) is 40.2 Å². The molecule has 2 atom stereocenters. The van der Waals surface area contributed by atoms with Crippen molar-refractivity contribution < 1.29 is 0 Å². The largest absolute Gasteiger partial charge is 0.303 e. The fourth-order valence-corrected chi connectivity index (χ4v) is 3.69. The van der Waals surface area contributed by atoms with E-state index in [0.29, 0.717) is 6.04 Å². The van der Waals surface area contributed by atoms with E-state index in [0.717, 1.165) is 15.1 Å². The molecule has 0 aliphatic heterocycles. The molecule has 96 valence electrons. The zero-order chi connectivity index (χ0) is 13.1. The number of rotatable bonds is 4. The van der Waals surface area contributed by atoms with E-state index in [1.54, 1.807) is 11.3 Å². The van der Waals surface area contributed by atoms with Crippen molar-refractivity contribution >= 4 is 38.9 Å². The molecule has 2 rings (SSSR count). The highest BCUT2D eigenvalue weighted by Crippen LogP contribution is 2.29. The highest BCUT2D eigenvalue weighted by molar-refractivity contribution is 9.10. The van der Waals surface area contributed by atoms with Gasteiger partial charge in [0, 0.05) is 31.8 Å². The molecule has 1 nitrogen and oxygen atoms in total. The summed E-state index contributed by atoms with van der Waals surface area (Å²) in [6, 6.07) is 10.7.